The van der Waals surface area contributed by atoms with Crippen molar-refractivity contribution < 1.29 is 9.84 Å². The Morgan fingerprint density at radius 1 is 1.37 bits per heavy atom. The van der Waals surface area contributed by atoms with Gasteiger partial charge in [0.15, 0.2) is 0 Å². The van der Waals surface area contributed by atoms with Crippen molar-refractivity contribution in [3.8, 4) is 5.75 Å². The van der Waals surface area contributed by atoms with Crippen molar-refractivity contribution in [2.75, 3.05) is 31.7 Å². The standard InChI is InChI=1S/C15H25NO2S/c1-12-5-6-15(13(2)9-12)18-11-14(17)10-16-7-4-8-19-3/h5-6,9,14,16-17H,4,7-8,10-11H2,1-3H3. The molecule has 1 aromatic carbocycles. The molecule has 0 fully saturated rings. The van der Waals surface area contributed by atoms with Gasteiger partial charge >= 0.3 is 0 Å². The highest BCUT2D eigenvalue weighted by atomic mass is 32.2. The highest BCUT2D eigenvalue weighted by Gasteiger charge is 2.06. The molecule has 0 saturated heterocycles. The lowest BCUT2D eigenvalue weighted by molar-refractivity contribution is 0.106. The zero-order valence-corrected chi connectivity index (χ0v) is 12.9. The summed E-state index contributed by atoms with van der Waals surface area (Å²) in [6.07, 6.45) is 2.77. The molecular weight excluding hydrogens is 258 g/mol. The van der Waals surface area contributed by atoms with Crippen molar-refractivity contribution in [1.29, 1.82) is 0 Å². The van der Waals surface area contributed by atoms with Crippen LogP contribution in [0.4, 0.5) is 0 Å². The molecule has 0 heterocycles. The normalized spacial score (nSPS) is 12.4. The van der Waals surface area contributed by atoms with Gasteiger partial charge in [-0.2, -0.15) is 11.8 Å². The Morgan fingerprint density at radius 3 is 2.84 bits per heavy atom. The van der Waals surface area contributed by atoms with Crippen molar-refractivity contribution in [3.63, 3.8) is 0 Å². The number of aryl methyl sites for hydroxylation is 2. The highest BCUT2D eigenvalue weighted by molar-refractivity contribution is 7.98. The molecule has 0 aliphatic rings. The fourth-order valence-electron chi connectivity index (χ4n) is 1.82. The Morgan fingerprint density at radius 2 is 2.16 bits per heavy atom. The lowest BCUT2D eigenvalue weighted by Gasteiger charge is -2.14. The zero-order valence-electron chi connectivity index (χ0n) is 12.1. The van der Waals surface area contributed by atoms with Gasteiger partial charge in [0.1, 0.15) is 18.5 Å². The second-order valence-electron chi connectivity index (χ2n) is 4.78. The van der Waals surface area contributed by atoms with Gasteiger partial charge < -0.3 is 15.2 Å². The van der Waals surface area contributed by atoms with Gasteiger partial charge in [0.05, 0.1) is 0 Å². The molecule has 108 valence electrons. The summed E-state index contributed by atoms with van der Waals surface area (Å²) in [4.78, 5) is 0. The number of aliphatic hydroxyl groups is 1. The molecule has 1 rings (SSSR count). The predicted octanol–water partition coefficient (Wildman–Crippen LogP) is 2.39. The number of benzene rings is 1. The van der Waals surface area contributed by atoms with Crippen molar-refractivity contribution in [3.05, 3.63) is 29.3 Å². The van der Waals surface area contributed by atoms with Crippen LogP contribution < -0.4 is 10.1 Å². The SMILES string of the molecule is CSCCCNCC(O)COc1ccc(C)cc1C. The van der Waals surface area contributed by atoms with Gasteiger partial charge in [-0.25, -0.2) is 0 Å². The van der Waals surface area contributed by atoms with Crippen molar-refractivity contribution in [2.45, 2.75) is 26.4 Å². The molecule has 0 amide bonds. The van der Waals surface area contributed by atoms with Crippen LogP contribution in [0.1, 0.15) is 17.5 Å². The van der Waals surface area contributed by atoms with Crippen LogP contribution >= 0.6 is 11.8 Å². The first kappa shape index (κ1) is 16.3. The molecule has 4 heteroatoms. The summed E-state index contributed by atoms with van der Waals surface area (Å²) in [5, 5.41) is 13.1. The number of aliphatic hydroxyl groups excluding tert-OH is 1. The van der Waals surface area contributed by atoms with E-state index in [2.05, 4.69) is 24.6 Å². The lowest BCUT2D eigenvalue weighted by atomic mass is 10.1. The maximum Gasteiger partial charge on any atom is 0.122 e. The summed E-state index contributed by atoms with van der Waals surface area (Å²) < 4.78 is 5.64. The van der Waals surface area contributed by atoms with Gasteiger partial charge in [-0.3, -0.25) is 0 Å². The third-order valence-electron chi connectivity index (χ3n) is 2.84. The molecule has 0 saturated carbocycles. The number of rotatable bonds is 9. The summed E-state index contributed by atoms with van der Waals surface area (Å²) in [6, 6.07) is 6.07. The van der Waals surface area contributed by atoms with Gasteiger partial charge in [0.2, 0.25) is 0 Å². The van der Waals surface area contributed by atoms with Crippen LogP contribution in [0.3, 0.4) is 0 Å². The van der Waals surface area contributed by atoms with Crippen LogP contribution in [0, 0.1) is 13.8 Å². The van der Waals surface area contributed by atoms with Gasteiger partial charge in [-0.05, 0) is 50.5 Å². The molecule has 0 spiro atoms. The minimum absolute atomic E-state index is 0.333. The van der Waals surface area contributed by atoms with E-state index in [9.17, 15) is 5.11 Å². The molecule has 0 aromatic heterocycles. The average Bonchev–Trinajstić information content (AvgIpc) is 2.37. The maximum atomic E-state index is 9.82. The fraction of sp³-hybridized carbons (Fsp3) is 0.600. The van der Waals surface area contributed by atoms with Crippen molar-refractivity contribution in [1.82, 2.24) is 5.32 Å². The average molecular weight is 283 g/mol. The maximum absolute atomic E-state index is 9.82. The molecule has 0 aliphatic heterocycles. The molecule has 1 unspecified atom stereocenters. The van der Waals surface area contributed by atoms with E-state index in [1.807, 2.05) is 30.8 Å². The van der Waals surface area contributed by atoms with Crippen LogP contribution in [-0.4, -0.2) is 42.9 Å². The third kappa shape index (κ3) is 6.85. The molecular formula is C15H25NO2S. The second kappa shape index (κ2) is 9.23. The second-order valence-corrected chi connectivity index (χ2v) is 5.77. The summed E-state index contributed by atoms with van der Waals surface area (Å²) in [6.45, 7) is 5.94. The summed E-state index contributed by atoms with van der Waals surface area (Å²) >= 11 is 1.84. The van der Waals surface area contributed by atoms with E-state index in [1.54, 1.807) is 0 Å². The number of hydrogen-bond donors (Lipinski definition) is 2. The van der Waals surface area contributed by atoms with E-state index in [-0.39, 0.29) is 0 Å². The highest BCUT2D eigenvalue weighted by Crippen LogP contribution is 2.18. The molecule has 19 heavy (non-hydrogen) atoms. The Kier molecular flexibility index (Phi) is 7.94. The van der Waals surface area contributed by atoms with E-state index in [0.29, 0.717) is 13.2 Å². The first-order chi connectivity index (χ1) is 9.13. The predicted molar refractivity (Wildman–Crippen MR) is 83.3 cm³/mol. The lowest BCUT2D eigenvalue weighted by Crippen LogP contribution is -2.32. The van der Waals surface area contributed by atoms with Gasteiger partial charge in [0.25, 0.3) is 0 Å². The van der Waals surface area contributed by atoms with Crippen molar-refractivity contribution in [2.24, 2.45) is 0 Å². The fourth-order valence-corrected chi connectivity index (χ4v) is 2.25. The van der Waals surface area contributed by atoms with E-state index in [1.165, 1.54) is 5.56 Å². The molecule has 0 aliphatic carbocycles. The topological polar surface area (TPSA) is 41.5 Å². The number of thioether (sulfide) groups is 1. The van der Waals surface area contributed by atoms with Crippen LogP contribution in [0.15, 0.2) is 18.2 Å². The van der Waals surface area contributed by atoms with Gasteiger partial charge in [-0.1, -0.05) is 17.7 Å². The summed E-state index contributed by atoms with van der Waals surface area (Å²) in [5.74, 6) is 2.01. The first-order valence-corrected chi connectivity index (χ1v) is 8.10. The number of ether oxygens (including phenoxy) is 1. The van der Waals surface area contributed by atoms with Crippen LogP contribution in [0.5, 0.6) is 5.75 Å². The van der Waals surface area contributed by atoms with Crippen LogP contribution in [-0.2, 0) is 0 Å². The molecule has 3 nitrogen and oxygen atoms in total. The van der Waals surface area contributed by atoms with Crippen LogP contribution in [0.25, 0.3) is 0 Å². The van der Waals surface area contributed by atoms with E-state index < -0.39 is 6.10 Å². The molecule has 1 atom stereocenters. The Bertz CT molecular complexity index is 371. The van der Waals surface area contributed by atoms with E-state index in [4.69, 9.17) is 4.74 Å². The minimum Gasteiger partial charge on any atom is -0.491 e. The monoisotopic (exact) mass is 283 g/mol. The zero-order chi connectivity index (χ0) is 14.1. The number of hydrogen-bond acceptors (Lipinski definition) is 4. The third-order valence-corrected chi connectivity index (χ3v) is 3.54. The molecule has 0 radical (unpaired) electrons. The van der Waals surface area contributed by atoms with Crippen molar-refractivity contribution >= 4 is 11.8 Å². The summed E-state index contributed by atoms with van der Waals surface area (Å²) in [7, 11) is 0. The Labute approximate surface area is 120 Å². The van der Waals surface area contributed by atoms with Crippen LogP contribution in [0.2, 0.25) is 0 Å². The van der Waals surface area contributed by atoms with Gasteiger partial charge in [0, 0.05) is 6.54 Å². The minimum atomic E-state index is -0.463. The van der Waals surface area contributed by atoms with Gasteiger partial charge in [-0.15, -0.1) is 0 Å². The molecule has 0 bridgehead atoms. The molecule has 1 aromatic rings. The first-order valence-electron chi connectivity index (χ1n) is 6.71. The summed E-state index contributed by atoms with van der Waals surface area (Å²) in [5.41, 5.74) is 2.33. The van der Waals surface area contributed by atoms with E-state index in [0.717, 1.165) is 30.0 Å². The molecule has 2 N–H and O–H groups in total. The Hall–Kier alpha value is -0.710. The van der Waals surface area contributed by atoms with E-state index >= 15 is 0 Å². The number of nitrogens with one attached hydrogen (secondary N) is 1. The largest absolute Gasteiger partial charge is 0.491 e. The smallest absolute Gasteiger partial charge is 0.122 e. The Balaban J connectivity index is 2.20. The quantitative estimate of drug-likeness (QED) is 0.683.